The minimum absolute atomic E-state index is 0.0113. The summed E-state index contributed by atoms with van der Waals surface area (Å²) in [6.07, 6.45) is 7.59. The monoisotopic (exact) mass is 395 g/mol. The van der Waals surface area contributed by atoms with E-state index in [0.717, 1.165) is 24.2 Å². The van der Waals surface area contributed by atoms with Crippen LogP contribution >= 0.6 is 0 Å². The maximum atomic E-state index is 12.9. The van der Waals surface area contributed by atoms with Crippen LogP contribution in [0.15, 0.2) is 48.8 Å². The molecule has 0 unspecified atom stereocenters. The minimum Gasteiger partial charge on any atom is -0.478 e. The topological polar surface area (TPSA) is 65.9 Å². The average Bonchev–Trinajstić information content (AvgIpc) is 2.74. The Labute approximate surface area is 172 Å². The van der Waals surface area contributed by atoms with Gasteiger partial charge in [0, 0.05) is 45.1 Å². The van der Waals surface area contributed by atoms with Crippen molar-refractivity contribution >= 4 is 18.1 Å². The number of β-amino-alcohol motifs (C(OH)–C–C–N with tert-alkyl or cyclic N) is 1. The van der Waals surface area contributed by atoms with Crippen molar-refractivity contribution in [3.63, 3.8) is 0 Å². The van der Waals surface area contributed by atoms with Crippen molar-refractivity contribution < 1.29 is 14.6 Å². The van der Waals surface area contributed by atoms with E-state index in [9.17, 15) is 4.79 Å². The number of carbonyl (C=O) groups is 1. The van der Waals surface area contributed by atoms with Gasteiger partial charge >= 0.3 is 0 Å². The van der Waals surface area contributed by atoms with Gasteiger partial charge in [-0.25, -0.2) is 0 Å². The summed E-state index contributed by atoms with van der Waals surface area (Å²) in [6.45, 7) is 7.30. The number of piperazine rings is 1. The van der Waals surface area contributed by atoms with Crippen molar-refractivity contribution in [1.29, 1.82) is 0 Å². The molecule has 1 aromatic carbocycles. The van der Waals surface area contributed by atoms with E-state index >= 15 is 0 Å². The maximum Gasteiger partial charge on any atom is 0.266 e. The highest BCUT2D eigenvalue weighted by Gasteiger charge is 2.35. The van der Waals surface area contributed by atoms with Crippen molar-refractivity contribution in [2.45, 2.75) is 19.4 Å². The number of benzene rings is 1. The molecule has 3 rings (SSSR count). The van der Waals surface area contributed by atoms with Crippen LogP contribution in [0.5, 0.6) is 5.75 Å². The van der Waals surface area contributed by atoms with Gasteiger partial charge in [-0.15, -0.1) is 0 Å². The zero-order valence-corrected chi connectivity index (χ0v) is 17.1. The van der Waals surface area contributed by atoms with E-state index in [2.05, 4.69) is 9.88 Å². The van der Waals surface area contributed by atoms with Gasteiger partial charge in [0.05, 0.1) is 6.61 Å². The Morgan fingerprint density at radius 2 is 1.62 bits per heavy atom. The van der Waals surface area contributed by atoms with E-state index in [4.69, 9.17) is 9.84 Å². The molecule has 1 N–H and O–H groups in total. The molecule has 0 saturated carbocycles. The molecule has 1 aromatic heterocycles. The standard InChI is InChI=1S/C23H29N3O3/c1-23(2,22(28)26-15-13-25(14-16-26)17-18-27)29-21-7-5-19(6-8-21)3-4-20-9-11-24-12-10-20/h3-12,27H,13-18H2,1-2H3/b4-3+. The molecule has 0 aliphatic carbocycles. The number of aromatic nitrogens is 1. The normalized spacial score (nSPS) is 15.6. The predicted octanol–water partition coefficient (Wildman–Crippen LogP) is 2.55. The fourth-order valence-electron chi connectivity index (χ4n) is 3.35. The largest absolute Gasteiger partial charge is 0.478 e. The van der Waals surface area contributed by atoms with Gasteiger partial charge in [-0.2, -0.15) is 0 Å². The molecule has 1 aliphatic rings. The van der Waals surface area contributed by atoms with Crippen LogP contribution in [0.4, 0.5) is 0 Å². The zero-order valence-electron chi connectivity index (χ0n) is 17.1. The zero-order chi connectivity index (χ0) is 20.7. The first-order chi connectivity index (χ1) is 14.0. The first kappa shape index (κ1) is 21.0. The summed E-state index contributed by atoms with van der Waals surface area (Å²) in [5.41, 5.74) is 1.21. The minimum atomic E-state index is -0.937. The van der Waals surface area contributed by atoms with Crippen molar-refractivity contribution in [3.05, 3.63) is 59.9 Å². The van der Waals surface area contributed by atoms with E-state index in [1.165, 1.54) is 0 Å². The van der Waals surface area contributed by atoms with Crippen LogP contribution in [0, 0.1) is 0 Å². The molecule has 1 amide bonds. The van der Waals surface area contributed by atoms with Crippen LogP contribution in [0.3, 0.4) is 0 Å². The van der Waals surface area contributed by atoms with E-state index in [1.807, 2.05) is 67.3 Å². The number of ether oxygens (including phenoxy) is 1. The van der Waals surface area contributed by atoms with Gasteiger partial charge in [0.2, 0.25) is 0 Å². The Hall–Kier alpha value is -2.70. The molecule has 6 heteroatoms. The van der Waals surface area contributed by atoms with Gasteiger partial charge in [0.15, 0.2) is 5.60 Å². The van der Waals surface area contributed by atoms with Crippen LogP contribution in [0.2, 0.25) is 0 Å². The molecule has 0 radical (unpaired) electrons. The van der Waals surface area contributed by atoms with Crippen molar-refractivity contribution in [3.8, 4) is 5.75 Å². The lowest BCUT2D eigenvalue weighted by Gasteiger charge is -2.38. The Morgan fingerprint density at radius 1 is 1.03 bits per heavy atom. The van der Waals surface area contributed by atoms with Crippen LogP contribution in [0.1, 0.15) is 25.0 Å². The van der Waals surface area contributed by atoms with Gasteiger partial charge in [-0.05, 0) is 49.2 Å². The van der Waals surface area contributed by atoms with E-state index in [0.29, 0.717) is 25.4 Å². The lowest BCUT2D eigenvalue weighted by atomic mass is 10.1. The third-order valence-corrected chi connectivity index (χ3v) is 5.02. The van der Waals surface area contributed by atoms with E-state index in [-0.39, 0.29) is 12.5 Å². The fourth-order valence-corrected chi connectivity index (χ4v) is 3.35. The smallest absolute Gasteiger partial charge is 0.266 e. The van der Waals surface area contributed by atoms with Gasteiger partial charge < -0.3 is 14.7 Å². The molecule has 2 aromatic rings. The summed E-state index contributed by atoms with van der Waals surface area (Å²) in [6, 6.07) is 11.6. The molecule has 0 spiro atoms. The average molecular weight is 396 g/mol. The highest BCUT2D eigenvalue weighted by atomic mass is 16.5. The van der Waals surface area contributed by atoms with Crippen molar-refractivity contribution in [2.75, 3.05) is 39.3 Å². The molecule has 1 saturated heterocycles. The first-order valence-electron chi connectivity index (χ1n) is 9.98. The molecule has 0 atom stereocenters. The molecular weight excluding hydrogens is 366 g/mol. The summed E-state index contributed by atoms with van der Waals surface area (Å²) < 4.78 is 6.03. The number of pyridine rings is 1. The van der Waals surface area contributed by atoms with E-state index in [1.54, 1.807) is 12.4 Å². The number of nitrogens with zero attached hydrogens (tertiary/aromatic N) is 3. The molecule has 1 fully saturated rings. The molecule has 6 nitrogen and oxygen atoms in total. The molecule has 0 bridgehead atoms. The van der Waals surface area contributed by atoms with Crippen molar-refractivity contribution in [1.82, 2.24) is 14.8 Å². The third kappa shape index (κ3) is 5.89. The first-order valence-corrected chi connectivity index (χ1v) is 9.98. The number of aliphatic hydroxyl groups is 1. The van der Waals surface area contributed by atoms with Crippen molar-refractivity contribution in [2.24, 2.45) is 0 Å². The number of aliphatic hydroxyl groups excluding tert-OH is 1. The number of hydrogen-bond acceptors (Lipinski definition) is 5. The molecule has 2 heterocycles. The highest BCUT2D eigenvalue weighted by Crippen LogP contribution is 2.22. The summed E-state index contributed by atoms with van der Waals surface area (Å²) in [5, 5.41) is 9.05. The lowest BCUT2D eigenvalue weighted by molar-refractivity contribution is -0.147. The number of hydrogen-bond donors (Lipinski definition) is 1. The Morgan fingerprint density at radius 3 is 2.21 bits per heavy atom. The number of carbonyl (C=O) groups excluding carboxylic acids is 1. The third-order valence-electron chi connectivity index (χ3n) is 5.02. The van der Waals surface area contributed by atoms with Crippen LogP contribution in [-0.4, -0.2) is 70.7 Å². The van der Waals surface area contributed by atoms with E-state index < -0.39 is 5.60 Å². The van der Waals surface area contributed by atoms with Crippen LogP contribution < -0.4 is 4.74 Å². The summed E-state index contributed by atoms with van der Waals surface area (Å²) in [7, 11) is 0. The second-order valence-electron chi connectivity index (χ2n) is 7.65. The summed E-state index contributed by atoms with van der Waals surface area (Å²) >= 11 is 0. The second kappa shape index (κ2) is 9.67. The molecular formula is C23H29N3O3. The van der Waals surface area contributed by atoms with Crippen LogP contribution in [-0.2, 0) is 4.79 Å². The van der Waals surface area contributed by atoms with Gasteiger partial charge in [-0.3, -0.25) is 14.7 Å². The van der Waals surface area contributed by atoms with Gasteiger partial charge in [0.1, 0.15) is 5.75 Å². The number of rotatable bonds is 7. The van der Waals surface area contributed by atoms with Gasteiger partial charge in [-0.1, -0.05) is 24.3 Å². The van der Waals surface area contributed by atoms with Crippen LogP contribution in [0.25, 0.3) is 12.2 Å². The fraction of sp³-hybridized carbons (Fsp3) is 0.391. The molecule has 1 aliphatic heterocycles. The molecule has 154 valence electrons. The molecule has 29 heavy (non-hydrogen) atoms. The highest BCUT2D eigenvalue weighted by molar-refractivity contribution is 5.85. The number of amides is 1. The summed E-state index contributed by atoms with van der Waals surface area (Å²) in [4.78, 5) is 21.0. The second-order valence-corrected chi connectivity index (χ2v) is 7.65. The quantitative estimate of drug-likeness (QED) is 0.781. The predicted molar refractivity (Wildman–Crippen MR) is 114 cm³/mol. The Kier molecular flexibility index (Phi) is 7.01. The lowest BCUT2D eigenvalue weighted by Crippen LogP contribution is -2.56. The SMILES string of the molecule is CC(C)(Oc1ccc(/C=C/c2ccncc2)cc1)C(=O)N1CCN(CCO)CC1. The Bertz CT molecular complexity index is 811. The maximum absolute atomic E-state index is 12.9. The summed E-state index contributed by atoms with van der Waals surface area (Å²) in [5.74, 6) is 0.658. The Balaban J connectivity index is 1.57. The van der Waals surface area contributed by atoms with Gasteiger partial charge in [0.25, 0.3) is 5.91 Å².